The fraction of sp³-hybridized carbons (Fsp3) is 0.598. The van der Waals surface area contributed by atoms with Crippen LogP contribution < -0.4 is 27.7 Å². The third-order valence-corrected chi connectivity index (χ3v) is 29.7. The molecule has 5 fully saturated rings. The second kappa shape index (κ2) is 32.3. The Morgan fingerprint density at radius 1 is 0.500 bits per heavy atom. The van der Waals surface area contributed by atoms with Crippen molar-refractivity contribution >= 4 is 70.4 Å². The van der Waals surface area contributed by atoms with Gasteiger partial charge in [0.2, 0.25) is 0 Å². The number of nitrogens with zero attached hydrogens (tertiary/aromatic N) is 9. The van der Waals surface area contributed by atoms with Gasteiger partial charge in [0.1, 0.15) is 17.3 Å². The summed E-state index contributed by atoms with van der Waals surface area (Å²) in [6.07, 6.45) is 16.5. The highest BCUT2D eigenvalue weighted by Gasteiger charge is 2.72. The molecule has 13 aliphatic rings. The van der Waals surface area contributed by atoms with Crippen LogP contribution in [0.1, 0.15) is 190 Å². The molecule has 24 nitrogen and oxygen atoms in total. The van der Waals surface area contributed by atoms with E-state index in [1.165, 1.54) is 57.9 Å². The lowest BCUT2D eigenvalue weighted by Crippen LogP contribution is -2.53. The number of nitrogens with two attached hydrogens (primary N) is 4. The number of hydrogen-bond donors (Lipinski definition) is 4. The first-order chi connectivity index (χ1) is 56.3. The summed E-state index contributed by atoms with van der Waals surface area (Å²) in [6, 6.07) is 23.3. The zero-order valence-electron chi connectivity index (χ0n) is 68.6. The van der Waals surface area contributed by atoms with Crippen LogP contribution in [0.5, 0.6) is 5.75 Å². The summed E-state index contributed by atoms with van der Waals surface area (Å²) in [5.41, 5.74) is 28.5. The minimum absolute atomic E-state index is 0.00174. The molecule has 5 aromatic rings. The summed E-state index contributed by atoms with van der Waals surface area (Å²) in [6.45, 7) is 3.01. The molecule has 9 aliphatic carbocycles. The summed E-state index contributed by atoms with van der Waals surface area (Å²) in [4.78, 5) is 85.5. The van der Waals surface area contributed by atoms with E-state index in [-0.39, 0.29) is 83.2 Å². The zero-order chi connectivity index (χ0) is 84.0. The number of fused-ring (bicyclic) bond motifs is 12. The number of halogens is 6. The molecule has 4 atom stereocenters. The predicted molar refractivity (Wildman–Crippen MR) is 437 cm³/mol. The van der Waals surface area contributed by atoms with Crippen molar-refractivity contribution in [2.45, 2.75) is 233 Å². The third kappa shape index (κ3) is 13.9. The van der Waals surface area contributed by atoms with Gasteiger partial charge < -0.3 is 56.1 Å². The quantitative estimate of drug-likeness (QED) is 0.0667. The number of aliphatic imine (C=N–C) groups is 4. The number of guanidine groups is 4. The summed E-state index contributed by atoms with van der Waals surface area (Å²) < 4.78 is 103. The van der Waals surface area contributed by atoms with Gasteiger partial charge in [0.25, 0.3) is 23.6 Å². The number of thiazole rings is 1. The van der Waals surface area contributed by atoms with Gasteiger partial charge in [-0.15, -0.1) is 11.3 Å². The number of alkyl halides is 5. The molecule has 118 heavy (non-hydrogen) atoms. The van der Waals surface area contributed by atoms with Crippen LogP contribution >= 0.6 is 22.9 Å². The van der Waals surface area contributed by atoms with Crippen LogP contribution in [-0.4, -0.2) is 191 Å². The van der Waals surface area contributed by atoms with E-state index < -0.39 is 58.2 Å². The van der Waals surface area contributed by atoms with Gasteiger partial charge in [0.15, 0.2) is 46.0 Å². The molecule has 31 heteroatoms. The van der Waals surface area contributed by atoms with Gasteiger partial charge in [-0.2, -0.15) is 22.0 Å². The number of rotatable bonds is 16. The average molecular weight is 1680 g/mol. The Morgan fingerprint density at radius 2 is 0.881 bits per heavy atom. The van der Waals surface area contributed by atoms with Crippen LogP contribution in [0.4, 0.5) is 22.0 Å². The second-order valence-electron chi connectivity index (χ2n) is 34.8. The van der Waals surface area contributed by atoms with Gasteiger partial charge >= 0.3 is 12.8 Å². The number of carbonyl (C=O) groups excluding carboxylic acids is 4. The van der Waals surface area contributed by atoms with Crippen LogP contribution in [0.25, 0.3) is 10.6 Å². The SMILES string of the molecule is COC1CCC2(CC1)Cc1ccc(-c3ncc(C)s3)cc1C21N=C(N)N(CC(F)(F)F)C1=O.COC1CCC2(CC1)Cc1ccc(Cl)cc1C21N=C(N)N(C(C)C)C1=O.COCCN1C(=O)C2(N=C1N)c1cc(C3CC3)ccc1CC21CCC(OC)CC1.COCCN1C(=O)C2(N=C1N)c1cc(OC(F)F)ccc1CC21CCC(OC)CC1. The Morgan fingerprint density at radius 3 is 1.27 bits per heavy atom. The predicted octanol–water partition coefficient (Wildman–Crippen LogP) is 12.5. The smallest absolute Gasteiger partial charge is 0.406 e. The topological polar surface area (TPSA) is 312 Å². The summed E-state index contributed by atoms with van der Waals surface area (Å²) in [5, 5.41) is 1.43. The van der Waals surface area contributed by atoms with Crippen molar-refractivity contribution < 1.29 is 74.3 Å². The molecule has 18 rings (SSSR count). The standard InChI is InChI=1S/C23H25F3N4O2S.C23H31N3O3.C21H27F2N3O4.C20H26ClN3O2/c1-13-11-28-18(33-13)14-3-4-15-10-21(7-5-16(32-2)6-8-21)23(17(15)9-14)19(31)30(20(27)29-23)12-22(24,25)26;1-28-12-11-26-20(27)23(25-21(26)24)19-13-16(15-3-4-15)5-6-17(19)14-22(23)9-7-18(29-2)8-10-22;1-28-10-9-26-17(27)21(25-19(26)24)16-11-15(30-18(22)23)4-3-13(16)12-20(21)7-5-14(29-2)6-8-20;1-12(2)24-17(25)20(23-18(24)22)16-10-14(21)5-4-13(16)11-19(20)8-6-15(26-3)7-9-19/h3-4,9,11,16H,5-8,10,12H2,1-2H3,(H2,27,29);5-6,13,15,18H,3-4,7-12,14H2,1-2H3,(H2,24,25);3-4,11,14,18H,5-10,12H2,1-2H3,(H2,24,25);4-5,10,12,15H,6-9,11H2,1-3H3,(H2,22,23). The highest BCUT2D eigenvalue weighted by molar-refractivity contribution is 7.14. The number of carbonyl (C=O) groups is 4. The van der Waals surface area contributed by atoms with Crippen molar-refractivity contribution in [3.8, 4) is 16.3 Å². The molecule has 4 aliphatic heterocycles. The minimum Gasteiger partial charge on any atom is -0.435 e. The van der Waals surface area contributed by atoms with E-state index in [2.05, 4.69) is 32.9 Å². The van der Waals surface area contributed by atoms with Crippen LogP contribution in [0.15, 0.2) is 99.0 Å². The van der Waals surface area contributed by atoms with E-state index >= 15 is 0 Å². The van der Waals surface area contributed by atoms with E-state index in [9.17, 15) is 41.1 Å². The Kier molecular flexibility index (Phi) is 23.2. The number of ether oxygens (including phenoxy) is 7. The molecule has 8 spiro atoms. The van der Waals surface area contributed by atoms with Gasteiger partial charge in [-0.1, -0.05) is 54.1 Å². The number of hydrogen-bond acceptors (Lipinski definition) is 21. The fourth-order valence-corrected chi connectivity index (χ4v) is 23.4. The molecule has 8 N–H and O–H groups in total. The van der Waals surface area contributed by atoms with E-state index in [1.807, 2.05) is 57.2 Å². The Bertz CT molecular complexity index is 4810. The maximum absolute atomic E-state index is 14.0. The van der Waals surface area contributed by atoms with E-state index in [0.29, 0.717) is 97.2 Å². The maximum atomic E-state index is 14.0. The molecule has 636 valence electrons. The Labute approximate surface area is 694 Å². The monoisotopic (exact) mass is 1670 g/mol. The van der Waals surface area contributed by atoms with Crippen molar-refractivity contribution in [1.82, 2.24) is 24.6 Å². The molecule has 0 saturated heterocycles. The summed E-state index contributed by atoms with van der Waals surface area (Å²) in [5.74, 6) is 0.225. The van der Waals surface area contributed by atoms with E-state index in [4.69, 9.17) is 77.9 Å². The first-order valence-corrected chi connectivity index (χ1v) is 42.5. The van der Waals surface area contributed by atoms with Gasteiger partial charge in [-0.3, -0.25) is 38.8 Å². The lowest BCUT2D eigenvalue weighted by Gasteiger charge is -2.45. The third-order valence-electron chi connectivity index (χ3n) is 28.5. The first kappa shape index (κ1) is 84.8. The number of aromatic nitrogens is 1. The zero-order valence-corrected chi connectivity index (χ0v) is 70.2. The molecule has 4 aromatic carbocycles. The van der Waals surface area contributed by atoms with Gasteiger partial charge in [-0.05, 0) is 248 Å². The van der Waals surface area contributed by atoms with Crippen molar-refractivity contribution in [2.75, 3.05) is 75.5 Å². The average Bonchev–Trinajstić information content (AvgIpc) is 1.54. The van der Waals surface area contributed by atoms with E-state index in [1.54, 1.807) is 64.7 Å². The largest absolute Gasteiger partial charge is 0.435 e. The highest BCUT2D eigenvalue weighted by Crippen LogP contribution is 2.67. The minimum atomic E-state index is -4.58. The number of aryl methyl sites for hydroxylation is 1. The molecular formula is C87H109ClF5N13O11S. The Balaban J connectivity index is 0.000000123. The Hall–Kier alpha value is -8.23. The molecule has 1 aromatic heterocycles. The van der Waals surface area contributed by atoms with Crippen LogP contribution in [-0.2, 0) is 95.4 Å². The number of methoxy groups -OCH3 is 6. The van der Waals surface area contributed by atoms with Crippen molar-refractivity contribution in [2.24, 2.45) is 64.6 Å². The van der Waals surface area contributed by atoms with Crippen molar-refractivity contribution in [1.29, 1.82) is 0 Å². The molecule has 5 saturated carbocycles. The van der Waals surface area contributed by atoms with Gasteiger partial charge in [-0.25, -0.2) is 25.0 Å². The number of benzene rings is 4. The molecule has 0 radical (unpaired) electrons. The normalized spacial score (nSPS) is 31.5. The maximum Gasteiger partial charge on any atom is 0.406 e. The van der Waals surface area contributed by atoms with Gasteiger partial charge in [0, 0.05) is 92.0 Å². The van der Waals surface area contributed by atoms with Crippen LogP contribution in [0, 0.1) is 28.6 Å². The van der Waals surface area contributed by atoms with Crippen LogP contribution in [0.2, 0.25) is 5.02 Å². The second-order valence-corrected chi connectivity index (χ2v) is 36.5. The highest BCUT2D eigenvalue weighted by atomic mass is 35.5. The van der Waals surface area contributed by atoms with E-state index in [0.717, 1.165) is 128 Å². The first-order valence-electron chi connectivity index (χ1n) is 41.3. The summed E-state index contributed by atoms with van der Waals surface area (Å²) >= 11 is 7.84. The lowest BCUT2D eigenvalue weighted by atomic mass is 9.61. The molecular weight excluding hydrogens is 1570 g/mol. The molecule has 5 heterocycles. The van der Waals surface area contributed by atoms with Crippen LogP contribution in [0.3, 0.4) is 0 Å². The van der Waals surface area contributed by atoms with Crippen molar-refractivity contribution in [3.05, 3.63) is 139 Å². The van der Waals surface area contributed by atoms with Crippen molar-refractivity contribution in [3.63, 3.8) is 0 Å². The molecule has 0 bridgehead atoms. The number of amides is 4. The fourth-order valence-electron chi connectivity index (χ4n) is 22.5. The summed E-state index contributed by atoms with van der Waals surface area (Å²) in [7, 11) is 10.1. The molecule has 4 unspecified atom stereocenters. The molecule has 4 amide bonds. The van der Waals surface area contributed by atoms with Gasteiger partial charge in [0.05, 0.1) is 50.7 Å². The lowest BCUT2D eigenvalue weighted by molar-refractivity contribution is -0.158.